The average molecular weight is 1010 g/mol. The first-order valence-corrected chi connectivity index (χ1v) is 24.8. The number of rotatable bonds is 38. The predicted molar refractivity (Wildman–Crippen MR) is 262 cm³/mol. The molecular weight excluding hydrogens is 925 g/mol. The van der Waals surface area contributed by atoms with Gasteiger partial charge < -0.3 is 69.2 Å². The van der Waals surface area contributed by atoms with Crippen molar-refractivity contribution in [2.75, 3.05) is 13.7 Å². The number of aliphatic hydroxyl groups excluding tert-OH is 2. The Labute approximate surface area is 416 Å². The molecule has 15 N–H and O–H groups in total. The highest BCUT2D eigenvalue weighted by atomic mass is 16.3. The lowest BCUT2D eigenvalue weighted by Gasteiger charge is -2.28. The summed E-state index contributed by atoms with van der Waals surface area (Å²) in [6.45, 7) is 7.08. The van der Waals surface area contributed by atoms with Gasteiger partial charge in [0, 0.05) is 38.2 Å². The molecule has 0 aliphatic carbocycles. The maximum absolute atomic E-state index is 13.8. The van der Waals surface area contributed by atoms with Crippen LogP contribution in [0.15, 0.2) is 12.5 Å². The van der Waals surface area contributed by atoms with Gasteiger partial charge in [-0.1, -0.05) is 97.8 Å². The van der Waals surface area contributed by atoms with E-state index in [0.717, 1.165) is 26.2 Å². The van der Waals surface area contributed by atoms with Crippen molar-refractivity contribution in [1.82, 2.24) is 52.5 Å². The average Bonchev–Trinajstić information content (AvgIpc) is 3.83. The number of carbonyl (C=O) groups excluding carboxylic acids is 10. The summed E-state index contributed by atoms with van der Waals surface area (Å²) in [5.41, 5.74) is 10.9. The summed E-state index contributed by atoms with van der Waals surface area (Å²) >= 11 is 0. The molecule has 0 spiro atoms. The Morgan fingerprint density at radius 1 is 0.577 bits per heavy atom. The van der Waals surface area contributed by atoms with Crippen molar-refractivity contribution >= 4 is 59.1 Å². The largest absolute Gasteiger partial charge is 0.394 e. The monoisotopic (exact) mass is 1010 g/mol. The smallest absolute Gasteiger partial charge is 0.245 e. The van der Waals surface area contributed by atoms with Crippen LogP contribution >= 0.6 is 0 Å². The second-order valence-corrected chi connectivity index (χ2v) is 18.2. The molecule has 1 aromatic heterocycles. The fourth-order valence-corrected chi connectivity index (χ4v) is 7.37. The van der Waals surface area contributed by atoms with Gasteiger partial charge in [0.15, 0.2) is 0 Å². The zero-order chi connectivity index (χ0) is 53.5. The number of aliphatic hydroxyl groups is 2. The number of unbranched alkanes of at least 4 members (excludes halogenated alkanes) is 12. The number of hydrogen-bond donors (Lipinski definition) is 13. The van der Waals surface area contributed by atoms with Crippen LogP contribution in [-0.4, -0.2) is 141 Å². The van der Waals surface area contributed by atoms with Gasteiger partial charge in [0.25, 0.3) is 0 Å². The minimum absolute atomic E-state index is 0.103. The molecule has 402 valence electrons. The number of H-pyrrole nitrogens is 1. The molecule has 10 amide bonds. The van der Waals surface area contributed by atoms with Gasteiger partial charge >= 0.3 is 0 Å². The minimum atomic E-state index is -1.83. The van der Waals surface area contributed by atoms with Gasteiger partial charge in [-0.15, -0.1) is 0 Å². The molecule has 1 aromatic rings. The number of imidazole rings is 1. The SMILES string of the molecule is CCCCCCCCCCCCCCCC(=O)N[C@H](C(=O)N[C@@H](Cc1cnc[nH]1)C(=O)N[C@@H](C)C(=O)N[C@H](C(=O)N[C@@H](CC(N)=O)C(=O)N[C@@H](CO)C(=O)N[C@@H](CCC(N)=O)C(=O)NC)[C@@H](C)O)C(C)C. The van der Waals surface area contributed by atoms with Gasteiger partial charge in [-0.25, -0.2) is 4.98 Å². The zero-order valence-corrected chi connectivity index (χ0v) is 42.4. The fraction of sp³-hybridized carbons (Fsp3) is 0.723. The summed E-state index contributed by atoms with van der Waals surface area (Å²) in [7, 11) is 1.27. The van der Waals surface area contributed by atoms with Gasteiger partial charge in [-0.2, -0.15) is 0 Å². The second-order valence-electron chi connectivity index (χ2n) is 18.2. The first kappa shape index (κ1) is 62.8. The molecule has 0 bridgehead atoms. The van der Waals surface area contributed by atoms with E-state index >= 15 is 0 Å². The van der Waals surface area contributed by atoms with Crippen LogP contribution in [0.3, 0.4) is 0 Å². The van der Waals surface area contributed by atoms with E-state index in [1.807, 2.05) is 0 Å². The third kappa shape index (κ3) is 26.0. The molecule has 0 aliphatic rings. The van der Waals surface area contributed by atoms with Crippen molar-refractivity contribution in [2.24, 2.45) is 17.4 Å². The van der Waals surface area contributed by atoms with E-state index in [2.05, 4.69) is 59.4 Å². The number of aromatic amines is 1. The predicted octanol–water partition coefficient (Wildman–Crippen LogP) is -1.24. The normalized spacial score (nSPS) is 14.5. The second kappa shape index (κ2) is 35.0. The minimum Gasteiger partial charge on any atom is -0.394 e. The molecule has 1 heterocycles. The van der Waals surface area contributed by atoms with Crippen LogP contribution in [-0.2, 0) is 54.4 Å². The Bertz CT molecular complexity index is 1850. The lowest BCUT2D eigenvalue weighted by molar-refractivity contribution is -0.137. The van der Waals surface area contributed by atoms with Crippen molar-refractivity contribution in [3.63, 3.8) is 0 Å². The lowest BCUT2D eigenvalue weighted by atomic mass is 10.0. The van der Waals surface area contributed by atoms with Gasteiger partial charge in [0.2, 0.25) is 59.1 Å². The van der Waals surface area contributed by atoms with Crippen LogP contribution in [0.5, 0.6) is 0 Å². The van der Waals surface area contributed by atoms with Gasteiger partial charge in [-0.05, 0) is 32.6 Å². The molecule has 0 aliphatic heterocycles. The molecular formula is C47H82N12O12. The van der Waals surface area contributed by atoms with Crippen molar-refractivity contribution in [2.45, 2.75) is 199 Å². The zero-order valence-electron chi connectivity index (χ0n) is 42.4. The summed E-state index contributed by atoms with van der Waals surface area (Å²) in [4.78, 5) is 136. The Kier molecular flexibility index (Phi) is 31.0. The van der Waals surface area contributed by atoms with Crippen LogP contribution in [0.4, 0.5) is 0 Å². The number of likely N-dealkylation sites (N-methyl/N-ethyl adjacent to an activating group) is 1. The number of nitrogens with one attached hydrogen (secondary N) is 9. The Balaban J connectivity index is 2.97. The summed E-state index contributed by atoms with van der Waals surface area (Å²) < 4.78 is 0. The molecule has 0 fully saturated rings. The molecule has 0 saturated heterocycles. The van der Waals surface area contributed by atoms with Gasteiger partial charge in [-0.3, -0.25) is 47.9 Å². The molecule has 24 heteroatoms. The number of hydrogen-bond acceptors (Lipinski definition) is 13. The highest BCUT2D eigenvalue weighted by Crippen LogP contribution is 2.14. The van der Waals surface area contributed by atoms with Crippen molar-refractivity contribution in [3.05, 3.63) is 18.2 Å². The number of carbonyl (C=O) groups is 10. The third-order valence-electron chi connectivity index (χ3n) is 11.6. The molecule has 0 saturated carbocycles. The number of nitrogens with zero attached hydrogens (tertiary/aromatic N) is 1. The highest BCUT2D eigenvalue weighted by molar-refractivity contribution is 5.99. The first-order valence-electron chi connectivity index (χ1n) is 24.8. The van der Waals surface area contributed by atoms with E-state index in [1.165, 1.54) is 84.3 Å². The van der Waals surface area contributed by atoms with Crippen LogP contribution in [0.2, 0.25) is 0 Å². The molecule has 0 aromatic carbocycles. The van der Waals surface area contributed by atoms with E-state index in [9.17, 15) is 58.2 Å². The number of primary amides is 2. The standard InChI is InChI=1S/C47H82N12O12/c1-7-8-9-10-11-12-13-14-15-16-17-18-19-20-38(64)58-39(28(2)3)46(70)55-33(23-31-25-51-27-52-31)43(67)53-29(4)41(65)59-40(30(5)61)47(71)56-34(24-37(49)63)44(68)57-35(26-60)45(69)54-32(42(66)50-6)21-22-36(48)62/h25,27-30,32-35,39-40,60-61H,7-24,26H2,1-6H3,(H2,48,62)(H2,49,63)(H,50,66)(H,51,52)(H,53,67)(H,54,69)(H,55,70)(H,56,71)(H,57,68)(H,58,64)(H,59,65)/t29-,30+,32-,33-,34-,35-,39-,40-/m0/s1. The van der Waals surface area contributed by atoms with Crippen molar-refractivity contribution in [3.8, 4) is 0 Å². The van der Waals surface area contributed by atoms with E-state index in [4.69, 9.17) is 11.5 Å². The van der Waals surface area contributed by atoms with E-state index < -0.39 is 115 Å². The fourth-order valence-electron chi connectivity index (χ4n) is 7.37. The van der Waals surface area contributed by atoms with Crippen LogP contribution in [0, 0.1) is 5.92 Å². The maximum Gasteiger partial charge on any atom is 0.245 e. The van der Waals surface area contributed by atoms with Crippen molar-refractivity contribution < 1.29 is 58.2 Å². The van der Waals surface area contributed by atoms with E-state index in [1.54, 1.807) is 13.8 Å². The van der Waals surface area contributed by atoms with Crippen LogP contribution in [0.25, 0.3) is 0 Å². The van der Waals surface area contributed by atoms with E-state index in [0.29, 0.717) is 12.1 Å². The highest BCUT2D eigenvalue weighted by Gasteiger charge is 2.35. The Morgan fingerprint density at radius 3 is 1.58 bits per heavy atom. The number of nitrogens with two attached hydrogens (primary N) is 2. The molecule has 1 rings (SSSR count). The summed E-state index contributed by atoms with van der Waals surface area (Å²) in [6, 6.07) is -10.4. The molecule has 0 unspecified atom stereocenters. The molecule has 24 nitrogen and oxygen atoms in total. The Morgan fingerprint density at radius 2 is 1.08 bits per heavy atom. The quantitative estimate of drug-likeness (QED) is 0.0346. The summed E-state index contributed by atoms with van der Waals surface area (Å²) in [6.07, 6.45) is 15.0. The number of aromatic nitrogens is 2. The summed E-state index contributed by atoms with van der Waals surface area (Å²) in [5.74, 6) is -9.21. The van der Waals surface area contributed by atoms with Crippen LogP contribution in [0.1, 0.15) is 149 Å². The van der Waals surface area contributed by atoms with E-state index in [-0.39, 0.29) is 37.5 Å². The molecule has 71 heavy (non-hydrogen) atoms. The van der Waals surface area contributed by atoms with Crippen molar-refractivity contribution in [1.29, 1.82) is 0 Å². The van der Waals surface area contributed by atoms with Crippen LogP contribution < -0.4 is 54.0 Å². The van der Waals surface area contributed by atoms with Gasteiger partial charge in [0.1, 0.15) is 42.3 Å². The number of amides is 10. The topological polar surface area (TPSA) is 388 Å². The third-order valence-corrected chi connectivity index (χ3v) is 11.6. The maximum atomic E-state index is 13.8. The van der Waals surface area contributed by atoms with Gasteiger partial charge in [0.05, 0.1) is 25.5 Å². The first-order chi connectivity index (χ1) is 33.6. The summed E-state index contributed by atoms with van der Waals surface area (Å²) in [5, 5.41) is 39.6. The molecule has 8 atom stereocenters. The Hall–Kier alpha value is -6.17. The lowest BCUT2D eigenvalue weighted by Crippen LogP contribution is -2.62. The molecule has 0 radical (unpaired) electrons.